The van der Waals surface area contributed by atoms with Gasteiger partial charge in [0.1, 0.15) is 23.1 Å². The van der Waals surface area contributed by atoms with Crippen molar-refractivity contribution >= 4 is 29.3 Å². The van der Waals surface area contributed by atoms with E-state index in [9.17, 15) is 14.9 Å². The number of nitrogens with zero attached hydrogens (tertiary/aromatic N) is 1. The van der Waals surface area contributed by atoms with Crippen LogP contribution in [0.25, 0.3) is 6.08 Å². The predicted octanol–water partition coefficient (Wildman–Crippen LogP) is 3.47. The van der Waals surface area contributed by atoms with E-state index < -0.39 is 4.92 Å². The molecule has 8 heteroatoms. The van der Waals surface area contributed by atoms with Crippen LogP contribution in [0.5, 0.6) is 11.5 Å². The molecule has 0 fully saturated rings. The first-order chi connectivity index (χ1) is 12.5. The van der Waals surface area contributed by atoms with Crippen molar-refractivity contribution in [2.24, 2.45) is 0 Å². The summed E-state index contributed by atoms with van der Waals surface area (Å²) in [5, 5.41) is 13.5. The number of amides is 1. The van der Waals surface area contributed by atoms with E-state index in [-0.39, 0.29) is 16.6 Å². The molecule has 0 saturated carbocycles. The van der Waals surface area contributed by atoms with Gasteiger partial charge >= 0.3 is 0 Å². The highest BCUT2D eigenvalue weighted by atomic mass is 35.5. The number of hydrogen-bond acceptors (Lipinski definition) is 5. The zero-order valence-corrected chi connectivity index (χ0v) is 14.7. The Hall–Kier alpha value is -3.06. The first kappa shape index (κ1) is 19.3. The third-order valence-electron chi connectivity index (χ3n) is 3.32. The van der Waals surface area contributed by atoms with Crippen LogP contribution in [-0.2, 0) is 4.79 Å². The predicted molar refractivity (Wildman–Crippen MR) is 98.6 cm³/mol. The van der Waals surface area contributed by atoms with Crippen molar-refractivity contribution in [3.63, 3.8) is 0 Å². The summed E-state index contributed by atoms with van der Waals surface area (Å²) in [5.74, 6) is 1.07. The van der Waals surface area contributed by atoms with Crippen LogP contribution in [0.15, 0.2) is 48.5 Å². The largest absolute Gasteiger partial charge is 0.497 e. The Morgan fingerprint density at radius 2 is 1.92 bits per heavy atom. The molecule has 26 heavy (non-hydrogen) atoms. The minimum atomic E-state index is -0.573. The third-order valence-corrected chi connectivity index (χ3v) is 3.64. The molecule has 0 aliphatic carbocycles. The van der Waals surface area contributed by atoms with Gasteiger partial charge in [-0.15, -0.1) is 0 Å². The summed E-state index contributed by atoms with van der Waals surface area (Å²) in [4.78, 5) is 22.0. The summed E-state index contributed by atoms with van der Waals surface area (Å²) in [6, 6.07) is 11.4. The first-order valence-corrected chi connectivity index (χ1v) is 8.04. The van der Waals surface area contributed by atoms with Gasteiger partial charge in [0.25, 0.3) is 5.69 Å². The maximum Gasteiger partial charge on any atom is 0.288 e. The van der Waals surface area contributed by atoms with Crippen molar-refractivity contribution in [2.75, 3.05) is 20.3 Å². The minimum Gasteiger partial charge on any atom is -0.497 e. The number of hydrogen-bond donors (Lipinski definition) is 1. The molecule has 0 aromatic heterocycles. The summed E-state index contributed by atoms with van der Waals surface area (Å²) in [6.07, 6.45) is 2.77. The number of methoxy groups -OCH3 is 1. The average molecular weight is 377 g/mol. The quantitative estimate of drug-likeness (QED) is 0.330. The SMILES string of the molecule is COc1ccc(OCCNC(=O)/C=C/c2ccc(Cl)c([N+](=O)[O-])c2)cc1. The lowest BCUT2D eigenvalue weighted by Gasteiger charge is -2.07. The maximum atomic E-state index is 11.8. The van der Waals surface area contributed by atoms with Crippen molar-refractivity contribution in [3.05, 3.63) is 69.2 Å². The molecule has 0 bridgehead atoms. The van der Waals surface area contributed by atoms with Crippen LogP contribution in [0.1, 0.15) is 5.56 Å². The van der Waals surface area contributed by atoms with Gasteiger partial charge < -0.3 is 14.8 Å². The van der Waals surface area contributed by atoms with Crippen LogP contribution in [0.3, 0.4) is 0 Å². The molecule has 7 nitrogen and oxygen atoms in total. The fraction of sp³-hybridized carbons (Fsp3) is 0.167. The van der Waals surface area contributed by atoms with Gasteiger partial charge in [-0.3, -0.25) is 14.9 Å². The number of benzene rings is 2. The Morgan fingerprint density at radius 3 is 2.58 bits per heavy atom. The van der Waals surface area contributed by atoms with Crippen molar-refractivity contribution in [1.82, 2.24) is 5.32 Å². The first-order valence-electron chi connectivity index (χ1n) is 7.66. The van der Waals surface area contributed by atoms with Crippen LogP contribution in [0.2, 0.25) is 5.02 Å². The molecule has 0 saturated heterocycles. The number of halogens is 1. The van der Waals surface area contributed by atoms with E-state index in [0.29, 0.717) is 24.5 Å². The second-order valence-corrected chi connectivity index (χ2v) is 5.52. The molecule has 0 aliphatic heterocycles. The zero-order valence-electron chi connectivity index (χ0n) is 14.0. The Balaban J connectivity index is 1.78. The average Bonchev–Trinajstić information content (AvgIpc) is 2.64. The smallest absolute Gasteiger partial charge is 0.288 e. The molecule has 1 amide bonds. The fourth-order valence-corrected chi connectivity index (χ4v) is 2.21. The van der Waals surface area contributed by atoms with Gasteiger partial charge in [-0.25, -0.2) is 0 Å². The van der Waals surface area contributed by atoms with E-state index in [2.05, 4.69) is 5.32 Å². The Kier molecular flexibility index (Phi) is 6.99. The molecular formula is C18H17ClN2O5. The van der Waals surface area contributed by atoms with Crippen LogP contribution in [-0.4, -0.2) is 31.1 Å². The van der Waals surface area contributed by atoms with E-state index >= 15 is 0 Å². The topological polar surface area (TPSA) is 90.7 Å². The van der Waals surface area contributed by atoms with E-state index in [1.54, 1.807) is 37.4 Å². The highest BCUT2D eigenvalue weighted by Crippen LogP contribution is 2.25. The van der Waals surface area contributed by atoms with Crippen LogP contribution < -0.4 is 14.8 Å². The number of ether oxygens (including phenoxy) is 2. The Bertz CT molecular complexity index is 806. The summed E-state index contributed by atoms with van der Waals surface area (Å²) >= 11 is 5.74. The van der Waals surface area contributed by atoms with Gasteiger partial charge in [-0.2, -0.15) is 0 Å². The van der Waals surface area contributed by atoms with Crippen LogP contribution >= 0.6 is 11.6 Å². The van der Waals surface area contributed by atoms with Crippen LogP contribution in [0.4, 0.5) is 5.69 Å². The number of nitro benzene ring substituents is 1. The van der Waals surface area contributed by atoms with E-state index in [1.807, 2.05) is 0 Å². The zero-order chi connectivity index (χ0) is 18.9. The highest BCUT2D eigenvalue weighted by Gasteiger charge is 2.11. The van der Waals surface area contributed by atoms with Gasteiger partial charge in [0.2, 0.25) is 5.91 Å². The fourth-order valence-electron chi connectivity index (χ4n) is 2.02. The lowest BCUT2D eigenvalue weighted by Crippen LogP contribution is -2.26. The number of nitro groups is 1. The number of carbonyl (C=O) groups is 1. The lowest BCUT2D eigenvalue weighted by atomic mass is 10.2. The number of rotatable bonds is 8. The molecule has 136 valence electrons. The second-order valence-electron chi connectivity index (χ2n) is 5.12. The Labute approximate surface area is 155 Å². The van der Waals surface area contributed by atoms with Gasteiger partial charge in [-0.1, -0.05) is 17.7 Å². The minimum absolute atomic E-state index is 0.0484. The number of carbonyl (C=O) groups excluding carboxylic acids is 1. The summed E-state index contributed by atoms with van der Waals surface area (Å²) in [7, 11) is 1.58. The van der Waals surface area contributed by atoms with Gasteiger partial charge in [0.15, 0.2) is 0 Å². The summed E-state index contributed by atoms with van der Waals surface area (Å²) in [5.41, 5.74) is 0.299. The van der Waals surface area contributed by atoms with Gasteiger partial charge in [-0.05, 0) is 42.0 Å². The molecular weight excluding hydrogens is 360 g/mol. The highest BCUT2D eigenvalue weighted by molar-refractivity contribution is 6.32. The van der Waals surface area contributed by atoms with Gasteiger partial charge in [0.05, 0.1) is 18.6 Å². The molecule has 0 unspecified atom stereocenters. The lowest BCUT2D eigenvalue weighted by molar-refractivity contribution is -0.384. The van der Waals surface area contributed by atoms with Gasteiger partial charge in [0, 0.05) is 12.1 Å². The molecule has 2 aromatic rings. The van der Waals surface area contributed by atoms with Crippen molar-refractivity contribution in [2.45, 2.75) is 0 Å². The van der Waals surface area contributed by atoms with Crippen molar-refractivity contribution < 1.29 is 19.2 Å². The molecule has 0 heterocycles. The summed E-state index contributed by atoms with van der Waals surface area (Å²) in [6.45, 7) is 0.619. The molecule has 0 atom stereocenters. The van der Waals surface area contributed by atoms with Crippen LogP contribution in [0, 0.1) is 10.1 Å². The standard InChI is InChI=1S/C18H17ClN2O5/c1-25-14-4-6-15(7-5-14)26-11-10-20-18(22)9-3-13-2-8-16(19)17(12-13)21(23)24/h2-9,12H,10-11H2,1H3,(H,20,22)/b9-3+. The molecule has 0 radical (unpaired) electrons. The molecule has 2 aromatic carbocycles. The molecule has 0 spiro atoms. The second kappa shape index (κ2) is 9.43. The normalized spacial score (nSPS) is 10.5. The molecule has 1 N–H and O–H groups in total. The maximum absolute atomic E-state index is 11.8. The monoisotopic (exact) mass is 376 g/mol. The number of nitrogens with one attached hydrogen (secondary N) is 1. The third kappa shape index (κ3) is 5.78. The molecule has 2 rings (SSSR count). The van der Waals surface area contributed by atoms with E-state index in [0.717, 1.165) is 5.75 Å². The van der Waals surface area contributed by atoms with Crippen molar-refractivity contribution in [1.29, 1.82) is 0 Å². The Morgan fingerprint density at radius 1 is 1.23 bits per heavy atom. The van der Waals surface area contributed by atoms with E-state index in [1.165, 1.54) is 24.3 Å². The van der Waals surface area contributed by atoms with Crippen molar-refractivity contribution in [3.8, 4) is 11.5 Å². The van der Waals surface area contributed by atoms with E-state index in [4.69, 9.17) is 21.1 Å². The summed E-state index contributed by atoms with van der Waals surface area (Å²) < 4.78 is 10.5. The molecule has 0 aliphatic rings.